The van der Waals surface area contributed by atoms with Gasteiger partial charge < -0.3 is 9.15 Å². The van der Waals surface area contributed by atoms with Gasteiger partial charge in [-0.2, -0.15) is 0 Å². The summed E-state index contributed by atoms with van der Waals surface area (Å²) in [7, 11) is 1.61. The fraction of sp³-hybridized carbons (Fsp3) is 0.308. The van der Waals surface area contributed by atoms with Crippen molar-refractivity contribution in [2.45, 2.75) is 18.2 Å². The van der Waals surface area contributed by atoms with E-state index in [0.29, 0.717) is 10.9 Å². The van der Waals surface area contributed by atoms with E-state index in [1.165, 1.54) is 0 Å². The van der Waals surface area contributed by atoms with Crippen molar-refractivity contribution in [3.63, 3.8) is 0 Å². The third kappa shape index (κ3) is 3.00. The van der Waals surface area contributed by atoms with Crippen molar-refractivity contribution in [1.29, 1.82) is 0 Å². The molecule has 0 unspecified atom stereocenters. The molecule has 0 fully saturated rings. The van der Waals surface area contributed by atoms with Gasteiger partial charge in [0, 0.05) is 18.4 Å². The minimum absolute atomic E-state index is 0.406. The lowest BCUT2D eigenvalue weighted by atomic mass is 10.3. The lowest BCUT2D eigenvalue weighted by Crippen LogP contribution is -1.95. The first kappa shape index (κ1) is 13.3. The molecule has 0 saturated heterocycles. The average molecular weight is 284 g/mol. The van der Waals surface area contributed by atoms with Crippen LogP contribution < -0.4 is 4.74 Å². The number of furan rings is 1. The predicted octanol–water partition coefficient (Wildman–Crippen LogP) is 3.98. The van der Waals surface area contributed by atoms with E-state index in [4.69, 9.17) is 20.8 Å². The lowest BCUT2D eigenvalue weighted by molar-refractivity contribution is 0.402. The molecule has 0 radical (unpaired) electrons. The van der Waals surface area contributed by atoms with E-state index in [0.717, 1.165) is 28.4 Å². The molecule has 18 heavy (non-hydrogen) atoms. The number of aryl methyl sites for hydroxylation is 2. The topological polar surface area (TPSA) is 35.3 Å². The number of pyridine rings is 1. The average Bonchev–Trinajstić information content (AvgIpc) is 2.87. The van der Waals surface area contributed by atoms with Crippen LogP contribution in [0.4, 0.5) is 0 Å². The number of hydrogen-bond donors (Lipinski definition) is 0. The number of hydrogen-bond acceptors (Lipinski definition) is 4. The Hall–Kier alpha value is -1.13. The molecule has 96 valence electrons. The van der Waals surface area contributed by atoms with Crippen LogP contribution >= 0.6 is 23.4 Å². The monoisotopic (exact) mass is 283 g/mol. The molecule has 0 aliphatic heterocycles. The van der Waals surface area contributed by atoms with Gasteiger partial charge >= 0.3 is 0 Å². The van der Waals surface area contributed by atoms with Crippen molar-refractivity contribution in [3.8, 4) is 5.75 Å². The first-order valence-corrected chi connectivity index (χ1v) is 6.93. The van der Waals surface area contributed by atoms with Crippen LogP contribution in [0.5, 0.6) is 5.75 Å². The highest BCUT2D eigenvalue weighted by Gasteiger charge is 2.12. The lowest BCUT2D eigenvalue weighted by Gasteiger charge is -2.11. The van der Waals surface area contributed by atoms with Gasteiger partial charge in [-0.3, -0.25) is 0 Å². The highest BCUT2D eigenvalue weighted by atomic mass is 35.5. The van der Waals surface area contributed by atoms with E-state index in [9.17, 15) is 0 Å². The zero-order valence-corrected chi connectivity index (χ0v) is 11.8. The van der Waals surface area contributed by atoms with Crippen LogP contribution in [0, 0.1) is 6.92 Å². The first-order chi connectivity index (χ1) is 8.72. The van der Waals surface area contributed by atoms with Crippen molar-refractivity contribution < 1.29 is 9.15 Å². The molecule has 0 spiro atoms. The minimum Gasteiger partial charge on any atom is -0.492 e. The van der Waals surface area contributed by atoms with E-state index in [1.807, 2.05) is 19.1 Å². The van der Waals surface area contributed by atoms with E-state index < -0.39 is 0 Å². The van der Waals surface area contributed by atoms with Crippen LogP contribution in [0.15, 0.2) is 33.9 Å². The number of aromatic nitrogens is 1. The molecule has 2 aromatic rings. The number of thioether (sulfide) groups is 1. The van der Waals surface area contributed by atoms with E-state index >= 15 is 0 Å². The molecule has 2 rings (SSSR count). The Morgan fingerprint density at radius 1 is 1.50 bits per heavy atom. The molecule has 0 aliphatic rings. The molecule has 0 saturated carbocycles. The van der Waals surface area contributed by atoms with Crippen molar-refractivity contribution in [3.05, 3.63) is 41.1 Å². The smallest absolute Gasteiger partial charge is 0.172 e. The summed E-state index contributed by atoms with van der Waals surface area (Å²) in [4.78, 5) is 5.12. The number of halogens is 1. The molecule has 2 aromatic heterocycles. The van der Waals surface area contributed by atoms with E-state index in [2.05, 4.69) is 4.98 Å². The zero-order valence-electron chi connectivity index (χ0n) is 10.3. The van der Waals surface area contributed by atoms with Gasteiger partial charge in [-0.05, 0) is 24.6 Å². The van der Waals surface area contributed by atoms with E-state index in [-0.39, 0.29) is 0 Å². The molecule has 5 heteroatoms. The zero-order chi connectivity index (χ0) is 13.0. The van der Waals surface area contributed by atoms with Gasteiger partial charge in [-0.15, -0.1) is 11.8 Å². The van der Waals surface area contributed by atoms with E-state index in [1.54, 1.807) is 31.3 Å². The second-order valence-corrected chi connectivity index (χ2v) is 5.24. The molecular formula is C13H14ClNO2S. The third-order valence-corrected chi connectivity index (χ3v) is 3.98. The van der Waals surface area contributed by atoms with Crippen molar-refractivity contribution >= 4 is 23.4 Å². The quantitative estimate of drug-likeness (QED) is 0.614. The summed E-state index contributed by atoms with van der Waals surface area (Å²) in [6, 6.07) is 3.87. The van der Waals surface area contributed by atoms with Gasteiger partial charge in [-0.1, -0.05) is 11.6 Å². The Bertz CT molecular complexity index is 514. The molecule has 0 N–H and O–H groups in total. The maximum Gasteiger partial charge on any atom is 0.172 e. The summed E-state index contributed by atoms with van der Waals surface area (Å²) in [5.41, 5.74) is 1.07. The highest BCUT2D eigenvalue weighted by molar-refractivity contribution is 7.99. The van der Waals surface area contributed by atoms with Crippen molar-refractivity contribution in [2.75, 3.05) is 12.9 Å². The van der Waals surface area contributed by atoms with Crippen LogP contribution in [0.2, 0.25) is 5.15 Å². The molecule has 0 aliphatic carbocycles. The SMILES string of the molecule is COc1c(Cl)ncc(C)c1SCCc1ccco1. The Balaban J connectivity index is 2.06. The summed E-state index contributed by atoms with van der Waals surface area (Å²) in [5.74, 6) is 2.55. The normalized spacial score (nSPS) is 10.6. The molecule has 3 nitrogen and oxygen atoms in total. The first-order valence-electron chi connectivity index (χ1n) is 5.56. The van der Waals surface area contributed by atoms with Crippen LogP contribution in [0.25, 0.3) is 0 Å². The molecule has 0 aromatic carbocycles. The number of methoxy groups -OCH3 is 1. The largest absolute Gasteiger partial charge is 0.492 e. The van der Waals surface area contributed by atoms with Crippen LogP contribution in [-0.2, 0) is 6.42 Å². The maximum absolute atomic E-state index is 6.01. The van der Waals surface area contributed by atoms with Gasteiger partial charge in [0.05, 0.1) is 18.3 Å². The summed E-state index contributed by atoms with van der Waals surface area (Å²) in [5, 5.41) is 0.406. The molecule has 2 heterocycles. The maximum atomic E-state index is 6.01. The van der Waals surface area contributed by atoms with Crippen LogP contribution in [0.1, 0.15) is 11.3 Å². The molecule has 0 atom stereocenters. The second kappa shape index (κ2) is 6.16. The highest BCUT2D eigenvalue weighted by Crippen LogP contribution is 2.36. The number of rotatable bonds is 5. The van der Waals surface area contributed by atoms with Gasteiger partial charge in [-0.25, -0.2) is 4.98 Å². The van der Waals surface area contributed by atoms with Gasteiger partial charge in [0.1, 0.15) is 5.76 Å². The summed E-state index contributed by atoms with van der Waals surface area (Å²) >= 11 is 7.71. The van der Waals surface area contributed by atoms with Crippen molar-refractivity contribution in [1.82, 2.24) is 4.98 Å². The Morgan fingerprint density at radius 3 is 3.00 bits per heavy atom. The molecule has 0 bridgehead atoms. The fourth-order valence-corrected chi connectivity index (χ4v) is 2.98. The number of ether oxygens (including phenoxy) is 1. The Kier molecular flexibility index (Phi) is 4.55. The molecular weight excluding hydrogens is 270 g/mol. The summed E-state index contributed by atoms with van der Waals surface area (Å²) in [6.45, 7) is 2.00. The van der Waals surface area contributed by atoms with Gasteiger partial charge in [0.2, 0.25) is 0 Å². The predicted molar refractivity (Wildman–Crippen MR) is 73.7 cm³/mol. The van der Waals surface area contributed by atoms with Gasteiger partial charge in [0.25, 0.3) is 0 Å². The van der Waals surface area contributed by atoms with Gasteiger partial charge in [0.15, 0.2) is 10.9 Å². The summed E-state index contributed by atoms with van der Waals surface area (Å²) < 4.78 is 10.6. The Labute approximate surface area is 116 Å². The molecule has 0 amide bonds. The van der Waals surface area contributed by atoms with Crippen LogP contribution in [-0.4, -0.2) is 17.8 Å². The van der Waals surface area contributed by atoms with Crippen LogP contribution in [0.3, 0.4) is 0 Å². The summed E-state index contributed by atoms with van der Waals surface area (Å²) in [6.07, 6.45) is 4.33. The van der Waals surface area contributed by atoms with Crippen molar-refractivity contribution in [2.24, 2.45) is 0 Å². The third-order valence-electron chi connectivity index (χ3n) is 2.50. The Morgan fingerprint density at radius 2 is 2.33 bits per heavy atom. The minimum atomic E-state index is 0.406. The number of nitrogens with zero attached hydrogens (tertiary/aromatic N) is 1. The standard InChI is InChI=1S/C13H14ClNO2S/c1-9-8-15-13(14)11(16-2)12(9)18-7-5-10-4-3-6-17-10/h3-4,6,8H,5,7H2,1-2H3. The fourth-order valence-electron chi connectivity index (χ4n) is 1.61. The second-order valence-electron chi connectivity index (χ2n) is 3.77.